The van der Waals surface area contributed by atoms with Gasteiger partial charge >= 0.3 is 6.18 Å². The van der Waals surface area contributed by atoms with Crippen LogP contribution in [-0.4, -0.2) is 66.1 Å². The number of hydrogen-bond donors (Lipinski definition) is 1. The Morgan fingerprint density at radius 1 is 1.17 bits per heavy atom. The van der Waals surface area contributed by atoms with Crippen molar-refractivity contribution in [1.29, 1.82) is 0 Å². The SMILES string of the molecule is CC(C)[C@@H](NC(=O)c1c(F)cccc1F)C(=O)N1CCN(CC(F)(F)F)[C@H](C)C1. The largest absolute Gasteiger partial charge is 0.401 e. The molecule has 1 aliphatic heterocycles. The van der Waals surface area contributed by atoms with Gasteiger partial charge in [0.1, 0.15) is 23.2 Å². The average molecular weight is 421 g/mol. The van der Waals surface area contributed by atoms with Crippen LogP contribution in [-0.2, 0) is 4.79 Å². The first-order valence-electron chi connectivity index (χ1n) is 9.25. The van der Waals surface area contributed by atoms with E-state index in [1.165, 1.54) is 9.80 Å². The van der Waals surface area contributed by atoms with Crippen LogP contribution >= 0.6 is 0 Å². The summed E-state index contributed by atoms with van der Waals surface area (Å²) < 4.78 is 65.6. The molecule has 0 aromatic heterocycles. The summed E-state index contributed by atoms with van der Waals surface area (Å²) in [5.41, 5.74) is -0.783. The van der Waals surface area contributed by atoms with E-state index in [4.69, 9.17) is 0 Å². The number of benzene rings is 1. The summed E-state index contributed by atoms with van der Waals surface area (Å²) >= 11 is 0. The van der Waals surface area contributed by atoms with Crippen molar-refractivity contribution in [1.82, 2.24) is 15.1 Å². The highest BCUT2D eigenvalue weighted by molar-refractivity contribution is 5.98. The second-order valence-corrected chi connectivity index (χ2v) is 7.51. The van der Waals surface area contributed by atoms with Gasteiger partial charge < -0.3 is 10.2 Å². The molecule has 2 atom stereocenters. The number of piperazine rings is 1. The van der Waals surface area contributed by atoms with Crippen molar-refractivity contribution in [2.45, 2.75) is 39.0 Å². The van der Waals surface area contributed by atoms with Crippen LogP contribution in [0.2, 0.25) is 0 Å². The van der Waals surface area contributed by atoms with Gasteiger partial charge in [0.05, 0.1) is 6.54 Å². The van der Waals surface area contributed by atoms with Gasteiger partial charge in [-0.3, -0.25) is 14.5 Å². The summed E-state index contributed by atoms with van der Waals surface area (Å²) in [6.07, 6.45) is -4.33. The average Bonchev–Trinajstić information content (AvgIpc) is 2.59. The zero-order valence-corrected chi connectivity index (χ0v) is 16.4. The van der Waals surface area contributed by atoms with Gasteiger partial charge in [-0.05, 0) is 25.0 Å². The Balaban J connectivity index is 2.09. The lowest BCUT2D eigenvalue weighted by Crippen LogP contribution is -2.60. The maximum Gasteiger partial charge on any atom is 0.401 e. The molecule has 0 radical (unpaired) electrons. The summed E-state index contributed by atoms with van der Waals surface area (Å²) in [5.74, 6) is -4.05. The molecule has 1 heterocycles. The lowest BCUT2D eigenvalue weighted by Gasteiger charge is -2.41. The predicted octanol–water partition coefficient (Wildman–Crippen LogP) is 2.81. The van der Waals surface area contributed by atoms with E-state index in [-0.39, 0.29) is 19.6 Å². The van der Waals surface area contributed by atoms with Crippen LogP contribution in [0.3, 0.4) is 0 Å². The van der Waals surface area contributed by atoms with Crippen molar-refractivity contribution >= 4 is 11.8 Å². The molecule has 29 heavy (non-hydrogen) atoms. The maximum absolute atomic E-state index is 13.8. The molecule has 0 bridgehead atoms. The van der Waals surface area contributed by atoms with Gasteiger partial charge in [0.2, 0.25) is 5.91 Å². The minimum atomic E-state index is -4.33. The number of halogens is 5. The third kappa shape index (κ3) is 5.88. The van der Waals surface area contributed by atoms with Crippen LogP contribution in [0.4, 0.5) is 22.0 Å². The Morgan fingerprint density at radius 2 is 1.76 bits per heavy atom. The second-order valence-electron chi connectivity index (χ2n) is 7.51. The number of alkyl halides is 3. The Hall–Kier alpha value is -2.23. The molecule has 1 fully saturated rings. The smallest absolute Gasteiger partial charge is 0.340 e. The number of nitrogens with zero attached hydrogens (tertiary/aromatic N) is 2. The molecule has 0 spiro atoms. The molecular weight excluding hydrogens is 397 g/mol. The van der Waals surface area contributed by atoms with Crippen LogP contribution < -0.4 is 5.32 Å². The van der Waals surface area contributed by atoms with Crippen molar-refractivity contribution in [2.75, 3.05) is 26.2 Å². The summed E-state index contributed by atoms with van der Waals surface area (Å²) in [6.45, 7) is 3.99. The molecule has 2 rings (SSSR count). The van der Waals surface area contributed by atoms with Gasteiger partial charge in [-0.2, -0.15) is 13.2 Å². The van der Waals surface area contributed by atoms with E-state index in [2.05, 4.69) is 5.32 Å². The van der Waals surface area contributed by atoms with Gasteiger partial charge in [-0.1, -0.05) is 19.9 Å². The lowest BCUT2D eigenvalue weighted by molar-refractivity contribution is -0.158. The first-order chi connectivity index (χ1) is 13.4. The summed E-state index contributed by atoms with van der Waals surface area (Å²) in [6, 6.07) is 1.40. The molecule has 10 heteroatoms. The van der Waals surface area contributed by atoms with Crippen molar-refractivity contribution in [3.8, 4) is 0 Å². The normalized spacial score (nSPS) is 19.3. The standard InChI is InChI=1S/C19H24F5N3O2/c1-11(2)16(25-17(28)15-13(20)5-4-6-14(15)21)18(29)26-7-8-27(12(3)9-26)10-19(22,23)24/h4-6,11-12,16H,7-10H2,1-3H3,(H,25,28)/t12-,16-/m1/s1. The molecule has 1 aromatic rings. The van der Waals surface area contributed by atoms with Crippen molar-refractivity contribution < 1.29 is 31.5 Å². The monoisotopic (exact) mass is 421 g/mol. The van der Waals surface area contributed by atoms with Crippen molar-refractivity contribution in [2.24, 2.45) is 5.92 Å². The Labute approximate surface area is 165 Å². The fourth-order valence-corrected chi connectivity index (χ4v) is 3.30. The summed E-state index contributed by atoms with van der Waals surface area (Å²) in [5, 5.41) is 2.37. The molecule has 1 N–H and O–H groups in total. The molecule has 1 saturated heterocycles. The third-order valence-corrected chi connectivity index (χ3v) is 4.87. The minimum Gasteiger partial charge on any atom is -0.340 e. The highest BCUT2D eigenvalue weighted by Crippen LogP contribution is 2.21. The first kappa shape index (κ1) is 23.1. The lowest BCUT2D eigenvalue weighted by atomic mass is 10.0. The van der Waals surface area contributed by atoms with E-state index in [1.54, 1.807) is 20.8 Å². The predicted molar refractivity (Wildman–Crippen MR) is 96.1 cm³/mol. The van der Waals surface area contributed by atoms with Crippen molar-refractivity contribution in [3.63, 3.8) is 0 Å². The first-order valence-corrected chi connectivity index (χ1v) is 9.25. The highest BCUT2D eigenvalue weighted by Gasteiger charge is 2.38. The van der Waals surface area contributed by atoms with E-state index in [0.29, 0.717) is 0 Å². The van der Waals surface area contributed by atoms with Gasteiger partial charge in [0, 0.05) is 25.7 Å². The summed E-state index contributed by atoms with van der Waals surface area (Å²) in [4.78, 5) is 27.9. The quantitative estimate of drug-likeness (QED) is 0.744. The molecule has 2 amide bonds. The topological polar surface area (TPSA) is 52.7 Å². The molecule has 5 nitrogen and oxygen atoms in total. The molecule has 0 saturated carbocycles. The third-order valence-electron chi connectivity index (χ3n) is 4.87. The molecule has 162 valence electrons. The van der Waals surface area contributed by atoms with Gasteiger partial charge in [-0.15, -0.1) is 0 Å². The fourth-order valence-electron chi connectivity index (χ4n) is 3.30. The van der Waals surface area contributed by atoms with Crippen LogP contribution in [0, 0.1) is 17.6 Å². The molecule has 1 aromatic carbocycles. The molecule has 1 aliphatic rings. The Bertz CT molecular complexity index is 734. The Kier molecular flexibility index (Phi) is 7.20. The van der Waals surface area contributed by atoms with Gasteiger partial charge in [0.15, 0.2) is 0 Å². The van der Waals surface area contributed by atoms with E-state index >= 15 is 0 Å². The number of nitrogens with one attached hydrogen (secondary N) is 1. The zero-order chi connectivity index (χ0) is 21.9. The number of carbonyl (C=O) groups is 2. The van der Waals surface area contributed by atoms with Crippen LogP contribution in [0.25, 0.3) is 0 Å². The maximum atomic E-state index is 13.8. The highest BCUT2D eigenvalue weighted by atomic mass is 19.4. The van der Waals surface area contributed by atoms with Gasteiger partial charge in [0.25, 0.3) is 5.91 Å². The Morgan fingerprint density at radius 3 is 2.24 bits per heavy atom. The summed E-state index contributed by atoms with van der Waals surface area (Å²) in [7, 11) is 0. The van der Waals surface area contributed by atoms with Crippen LogP contribution in [0.1, 0.15) is 31.1 Å². The second kappa shape index (κ2) is 9.06. The fraction of sp³-hybridized carbons (Fsp3) is 0.579. The molecular formula is C19H24F5N3O2. The zero-order valence-electron chi connectivity index (χ0n) is 16.4. The molecule has 0 aliphatic carbocycles. The molecule has 0 unspecified atom stereocenters. The number of hydrogen-bond acceptors (Lipinski definition) is 3. The van der Waals surface area contributed by atoms with E-state index in [0.717, 1.165) is 18.2 Å². The van der Waals surface area contributed by atoms with E-state index in [9.17, 15) is 31.5 Å². The number of amides is 2. The minimum absolute atomic E-state index is 0.0348. The van der Waals surface area contributed by atoms with Gasteiger partial charge in [-0.25, -0.2) is 8.78 Å². The van der Waals surface area contributed by atoms with Crippen molar-refractivity contribution in [3.05, 3.63) is 35.4 Å². The van der Waals surface area contributed by atoms with E-state index < -0.39 is 59.7 Å². The number of rotatable bonds is 5. The van der Waals surface area contributed by atoms with Crippen LogP contribution in [0.15, 0.2) is 18.2 Å². The number of carbonyl (C=O) groups excluding carboxylic acids is 2. The van der Waals surface area contributed by atoms with Crippen LogP contribution in [0.5, 0.6) is 0 Å². The van der Waals surface area contributed by atoms with E-state index in [1.807, 2.05) is 0 Å².